The number of rotatable bonds is 4. The van der Waals surface area contributed by atoms with Crippen LogP contribution in [-0.4, -0.2) is 17.4 Å². The summed E-state index contributed by atoms with van der Waals surface area (Å²) in [6.45, 7) is 1.73. The van der Waals surface area contributed by atoms with Crippen molar-refractivity contribution in [3.63, 3.8) is 0 Å². The first kappa shape index (κ1) is 24.1. The van der Waals surface area contributed by atoms with Gasteiger partial charge in [0.15, 0.2) is 5.78 Å². The van der Waals surface area contributed by atoms with Crippen LogP contribution in [0.5, 0.6) is 0 Å². The molecule has 0 fully saturated rings. The second kappa shape index (κ2) is 9.78. The number of carbonyl (C=O) groups is 2. The Balaban J connectivity index is 1.57. The molecule has 5 rings (SSSR count). The average Bonchev–Trinajstić information content (AvgIpc) is 2.85. The van der Waals surface area contributed by atoms with E-state index < -0.39 is 29.4 Å². The highest BCUT2D eigenvalue weighted by Gasteiger charge is 2.44. The summed E-state index contributed by atoms with van der Waals surface area (Å²) in [5.41, 5.74) is 3.17. The summed E-state index contributed by atoms with van der Waals surface area (Å²) in [5.74, 6) is -3.86. The molecule has 0 spiro atoms. The van der Waals surface area contributed by atoms with Crippen LogP contribution in [0.4, 0.5) is 14.5 Å². The molecule has 1 amide bonds. The van der Waals surface area contributed by atoms with E-state index in [4.69, 9.17) is 16.6 Å². The molecule has 1 aliphatic heterocycles. The van der Waals surface area contributed by atoms with Gasteiger partial charge in [0, 0.05) is 40.4 Å². The van der Waals surface area contributed by atoms with Crippen molar-refractivity contribution in [2.45, 2.75) is 31.6 Å². The number of allylic oxidation sites excluding steroid dienone is 2. The van der Waals surface area contributed by atoms with Gasteiger partial charge in [-0.15, -0.1) is 0 Å². The van der Waals surface area contributed by atoms with Crippen LogP contribution in [0, 0.1) is 17.6 Å². The molecule has 0 bridgehead atoms. The monoisotopic (exact) mass is 504 g/mol. The lowest BCUT2D eigenvalue weighted by atomic mass is 9.69. The quantitative estimate of drug-likeness (QED) is 0.423. The molecule has 1 heterocycles. The molecule has 3 aromatic rings. The minimum absolute atomic E-state index is 0.0143. The van der Waals surface area contributed by atoms with Crippen LogP contribution in [0.3, 0.4) is 0 Å². The van der Waals surface area contributed by atoms with Crippen molar-refractivity contribution < 1.29 is 18.4 Å². The molecule has 36 heavy (non-hydrogen) atoms. The number of aliphatic imine (C=N–C) groups is 1. The summed E-state index contributed by atoms with van der Waals surface area (Å²) >= 11 is 6.57. The van der Waals surface area contributed by atoms with E-state index in [0.29, 0.717) is 46.5 Å². The summed E-state index contributed by atoms with van der Waals surface area (Å²) in [7, 11) is 0. The zero-order valence-electron chi connectivity index (χ0n) is 19.5. The van der Waals surface area contributed by atoms with Gasteiger partial charge in [0.25, 0.3) is 0 Å². The van der Waals surface area contributed by atoms with Gasteiger partial charge in [-0.05, 0) is 48.6 Å². The number of hydrogen-bond donors (Lipinski definition) is 1. The lowest BCUT2D eigenvalue weighted by Crippen LogP contribution is -2.40. The highest BCUT2D eigenvalue weighted by Crippen LogP contribution is 2.48. The molecule has 3 atom stereocenters. The smallest absolute Gasteiger partial charge is 0.234 e. The van der Waals surface area contributed by atoms with Crippen LogP contribution in [0.2, 0.25) is 5.02 Å². The lowest BCUT2D eigenvalue weighted by molar-refractivity contribution is -0.119. The van der Waals surface area contributed by atoms with E-state index in [1.807, 2.05) is 30.3 Å². The minimum Gasteiger partial charge on any atom is -0.323 e. The van der Waals surface area contributed by atoms with E-state index in [-0.39, 0.29) is 17.4 Å². The van der Waals surface area contributed by atoms with Crippen LogP contribution in [0.1, 0.15) is 42.7 Å². The number of amides is 1. The van der Waals surface area contributed by atoms with Gasteiger partial charge < -0.3 is 5.32 Å². The molecule has 182 valence electrons. The molecule has 3 aromatic carbocycles. The number of ketones is 1. The van der Waals surface area contributed by atoms with Crippen molar-refractivity contribution in [1.82, 2.24) is 0 Å². The highest BCUT2D eigenvalue weighted by atomic mass is 35.5. The van der Waals surface area contributed by atoms with Crippen molar-refractivity contribution in [3.05, 3.63) is 112 Å². The molecule has 0 saturated carbocycles. The molecule has 7 heteroatoms. The zero-order valence-corrected chi connectivity index (χ0v) is 20.2. The van der Waals surface area contributed by atoms with Gasteiger partial charge in [-0.3, -0.25) is 14.6 Å². The van der Waals surface area contributed by atoms with E-state index in [1.165, 1.54) is 6.07 Å². The topological polar surface area (TPSA) is 58.5 Å². The van der Waals surface area contributed by atoms with Crippen LogP contribution >= 0.6 is 11.6 Å². The Labute approximate surface area is 212 Å². The van der Waals surface area contributed by atoms with Gasteiger partial charge in [-0.1, -0.05) is 60.1 Å². The fourth-order valence-electron chi connectivity index (χ4n) is 5.23. The van der Waals surface area contributed by atoms with Crippen LogP contribution in [0.25, 0.3) is 0 Å². The number of halogens is 3. The summed E-state index contributed by atoms with van der Waals surface area (Å²) < 4.78 is 27.7. The highest BCUT2D eigenvalue weighted by molar-refractivity contribution is 6.31. The van der Waals surface area contributed by atoms with E-state index in [9.17, 15) is 18.4 Å². The SMILES string of the molecule is CC1=NC2=C(C(=O)C[C@H](c3ccccc3)C2)[C@@H](c2ccccc2Cl)C1C(=O)Nc1ccc(F)cc1F. The Hall–Kier alpha value is -3.64. The number of benzene rings is 3. The fraction of sp³-hybridized carbons (Fsp3) is 0.207. The van der Waals surface area contributed by atoms with Crippen molar-refractivity contribution in [2.24, 2.45) is 10.9 Å². The normalized spacial score (nSPS) is 21.6. The number of carbonyl (C=O) groups excluding carboxylic acids is 2. The molecule has 4 nitrogen and oxygen atoms in total. The summed E-state index contributed by atoms with van der Waals surface area (Å²) in [6, 6.07) is 19.9. The van der Waals surface area contributed by atoms with Crippen molar-refractivity contribution in [3.8, 4) is 0 Å². The molecule has 1 aliphatic carbocycles. The van der Waals surface area contributed by atoms with E-state index >= 15 is 0 Å². The zero-order chi connectivity index (χ0) is 25.4. The molecule has 0 saturated heterocycles. The fourth-order valence-corrected chi connectivity index (χ4v) is 5.48. The largest absolute Gasteiger partial charge is 0.323 e. The molecule has 0 radical (unpaired) electrons. The van der Waals surface area contributed by atoms with E-state index in [1.54, 1.807) is 31.2 Å². The average molecular weight is 505 g/mol. The van der Waals surface area contributed by atoms with Gasteiger partial charge in [0.05, 0.1) is 11.6 Å². The van der Waals surface area contributed by atoms with Gasteiger partial charge in [0.2, 0.25) is 5.91 Å². The summed E-state index contributed by atoms with van der Waals surface area (Å²) in [5, 5.41) is 2.99. The first-order valence-corrected chi connectivity index (χ1v) is 12.1. The molecular formula is C29H23ClF2N2O2. The van der Waals surface area contributed by atoms with Gasteiger partial charge >= 0.3 is 0 Å². The molecule has 1 N–H and O–H groups in total. The Morgan fingerprint density at radius 1 is 1.00 bits per heavy atom. The maximum absolute atomic E-state index is 14.3. The van der Waals surface area contributed by atoms with Gasteiger partial charge in [-0.25, -0.2) is 8.78 Å². The summed E-state index contributed by atoms with van der Waals surface area (Å²) in [4.78, 5) is 31.9. The number of hydrogen-bond acceptors (Lipinski definition) is 3. The van der Waals surface area contributed by atoms with Crippen molar-refractivity contribution >= 4 is 34.7 Å². The predicted molar refractivity (Wildman–Crippen MR) is 136 cm³/mol. The molecule has 2 aliphatic rings. The third-order valence-electron chi connectivity index (χ3n) is 6.87. The van der Waals surface area contributed by atoms with Crippen LogP contribution in [0.15, 0.2) is 89.1 Å². The first-order valence-electron chi connectivity index (χ1n) is 11.7. The maximum Gasteiger partial charge on any atom is 0.234 e. The van der Waals surface area contributed by atoms with E-state index in [0.717, 1.165) is 11.6 Å². The Morgan fingerprint density at radius 3 is 2.44 bits per heavy atom. The number of nitrogens with zero attached hydrogens (tertiary/aromatic N) is 1. The van der Waals surface area contributed by atoms with Crippen LogP contribution < -0.4 is 5.32 Å². The second-order valence-electron chi connectivity index (χ2n) is 9.14. The van der Waals surface area contributed by atoms with Crippen molar-refractivity contribution in [2.75, 3.05) is 5.32 Å². The number of anilines is 1. The predicted octanol–water partition coefficient (Wildman–Crippen LogP) is 6.83. The van der Waals surface area contributed by atoms with E-state index in [2.05, 4.69) is 5.32 Å². The third-order valence-corrected chi connectivity index (χ3v) is 7.22. The summed E-state index contributed by atoms with van der Waals surface area (Å²) in [6.07, 6.45) is 0.851. The Bertz CT molecular complexity index is 1420. The minimum atomic E-state index is -0.898. The Kier molecular flexibility index (Phi) is 6.54. The second-order valence-corrected chi connectivity index (χ2v) is 9.55. The number of Topliss-reactive ketones (excluding diaryl/α,β-unsaturated/α-hetero) is 1. The standard InChI is InChI=1S/C29H23ClF2N2O2/c1-16-26(29(36)34-23-12-11-19(31)15-22(23)32)27(20-9-5-6-10-21(20)30)28-24(33-16)13-18(14-25(28)35)17-7-3-2-4-8-17/h2-12,15,18,26-27H,13-14H2,1H3,(H,34,36)/t18-,26?,27+/m1/s1. The van der Waals surface area contributed by atoms with Crippen LogP contribution in [-0.2, 0) is 9.59 Å². The Morgan fingerprint density at radius 2 is 1.72 bits per heavy atom. The van der Waals surface area contributed by atoms with Crippen molar-refractivity contribution in [1.29, 1.82) is 0 Å². The van der Waals surface area contributed by atoms with Gasteiger partial charge in [0.1, 0.15) is 11.6 Å². The molecule has 1 unspecified atom stereocenters. The third kappa shape index (κ3) is 4.49. The molecular weight excluding hydrogens is 482 g/mol. The molecule has 0 aromatic heterocycles. The lowest BCUT2D eigenvalue weighted by Gasteiger charge is -2.37. The van der Waals surface area contributed by atoms with Gasteiger partial charge in [-0.2, -0.15) is 0 Å². The number of nitrogens with one attached hydrogen (secondary N) is 1. The first-order chi connectivity index (χ1) is 17.3. The maximum atomic E-state index is 14.3.